The normalized spacial score (nSPS) is 13.5. The molecule has 0 spiro atoms. The van der Waals surface area contributed by atoms with Crippen molar-refractivity contribution in [2.45, 2.75) is 12.3 Å². The molecule has 6 heteroatoms. The summed E-state index contributed by atoms with van der Waals surface area (Å²) in [5, 5.41) is 6.69. The summed E-state index contributed by atoms with van der Waals surface area (Å²) in [5.74, 6) is 1.81. The van der Waals surface area contributed by atoms with Gasteiger partial charge in [-0.3, -0.25) is 0 Å². The lowest BCUT2D eigenvalue weighted by molar-refractivity contribution is 0.673. The zero-order chi connectivity index (χ0) is 53.4. The fraction of sp³-hybridized carbons (Fsp3) is 0.0267. The van der Waals surface area contributed by atoms with Crippen LogP contribution in [-0.2, 0) is 0 Å². The van der Waals surface area contributed by atoms with Gasteiger partial charge in [-0.1, -0.05) is 218 Å². The molecule has 0 fully saturated rings. The molecule has 11 aromatic carbocycles. The average Bonchev–Trinajstić information content (AvgIpc) is 3.03. The third kappa shape index (κ3) is 7.83. The quantitative estimate of drug-likeness (QED) is 0.145. The summed E-state index contributed by atoms with van der Waals surface area (Å²) in [6.45, 7) is 0. The largest absolute Gasteiger partial charge is 0.455 e. The molecule has 1 aliphatic carbocycles. The number of aromatic nitrogens is 5. The summed E-state index contributed by atoms with van der Waals surface area (Å²) in [7, 11) is 0. The second-order valence-electron chi connectivity index (χ2n) is 21.0. The van der Waals surface area contributed by atoms with Gasteiger partial charge in [0.1, 0.15) is 11.2 Å². The van der Waals surface area contributed by atoms with Gasteiger partial charge in [-0.05, 0) is 100 Å². The van der Waals surface area contributed by atoms with E-state index in [1.165, 1.54) is 22.1 Å². The van der Waals surface area contributed by atoms with E-state index in [2.05, 4.69) is 252 Å². The Morgan fingerprint density at radius 2 is 0.914 bits per heavy atom. The van der Waals surface area contributed by atoms with Gasteiger partial charge in [-0.15, -0.1) is 0 Å². The number of nitrogens with zero attached hydrogens (tertiary/aromatic N) is 5. The molecule has 1 unspecified atom stereocenters. The van der Waals surface area contributed by atoms with Gasteiger partial charge >= 0.3 is 0 Å². The Labute approximate surface area is 467 Å². The minimum absolute atomic E-state index is 0.0252. The molecule has 4 heterocycles. The SMILES string of the molecule is C1=CC(c2cc(-c3nc(-c4ccccc4)nc(-c4ccccc4)n3)cc(-c3ccc(-c4ccccc4)cc3)c2-n2c3ccccc3c3c4oc5cc6c7ccccc7n(-c7ccccc7)c6cc5c4ccc32)CC=C1c1ccccc1. The number of rotatable bonds is 9. The molecule has 15 aromatic rings. The Kier molecular flexibility index (Phi) is 10.9. The number of hydrogen-bond donors (Lipinski definition) is 0. The van der Waals surface area contributed by atoms with E-state index in [9.17, 15) is 0 Å². The number of hydrogen-bond acceptors (Lipinski definition) is 4. The maximum absolute atomic E-state index is 7.27. The van der Waals surface area contributed by atoms with Gasteiger partial charge < -0.3 is 13.6 Å². The molecule has 0 aliphatic heterocycles. The van der Waals surface area contributed by atoms with Crippen molar-refractivity contribution >= 4 is 71.1 Å². The minimum Gasteiger partial charge on any atom is -0.455 e. The maximum atomic E-state index is 7.27. The van der Waals surface area contributed by atoms with Crippen molar-refractivity contribution in [2.75, 3.05) is 0 Å². The highest BCUT2D eigenvalue weighted by molar-refractivity contribution is 6.26. The van der Waals surface area contributed by atoms with Crippen molar-refractivity contribution in [2.24, 2.45) is 0 Å². The lowest BCUT2D eigenvalue weighted by atomic mass is 9.84. The standard InChI is InChI=1S/C75H49N5O/c1-6-20-48(21-7-1)50-34-38-52(39-35-50)61-44-56(75-77-73(54-24-10-3-11-25-54)76-74(78-75)55-26-12-4-13-27-55)45-62(53-40-36-51(37-41-53)49-22-8-2-9-23-49)71(61)80-66-33-19-17-31-60(66)70-67(80)43-42-59-64-46-68-63(47-69(64)81-72(59)70)58-30-16-18-32-65(58)79(68)57-28-14-5-15-29-57/h1-40,42-47,53H,41H2. The molecule has 0 radical (unpaired) electrons. The molecule has 0 bridgehead atoms. The smallest absolute Gasteiger partial charge is 0.164 e. The highest BCUT2D eigenvalue weighted by atomic mass is 16.3. The Bertz CT molecular complexity index is 4920. The highest BCUT2D eigenvalue weighted by Gasteiger charge is 2.28. The zero-order valence-corrected chi connectivity index (χ0v) is 44.0. The van der Waals surface area contributed by atoms with Gasteiger partial charge in [-0.25, -0.2) is 15.0 Å². The van der Waals surface area contributed by atoms with Crippen LogP contribution in [0.15, 0.2) is 283 Å². The van der Waals surface area contributed by atoms with E-state index in [0.717, 1.165) is 117 Å². The van der Waals surface area contributed by atoms with Gasteiger partial charge in [0.05, 0.1) is 33.1 Å². The van der Waals surface area contributed by atoms with E-state index < -0.39 is 0 Å². The third-order valence-corrected chi connectivity index (χ3v) is 16.3. The van der Waals surface area contributed by atoms with Crippen LogP contribution < -0.4 is 0 Å². The Hall–Kier alpha value is -10.7. The van der Waals surface area contributed by atoms with Gasteiger partial charge in [-0.2, -0.15) is 0 Å². The number of allylic oxidation sites excluding steroid dienone is 4. The van der Waals surface area contributed by atoms with Crippen LogP contribution in [0.5, 0.6) is 0 Å². The first-order chi connectivity index (χ1) is 40.2. The van der Waals surface area contributed by atoms with Gasteiger partial charge in [0.2, 0.25) is 0 Å². The molecule has 81 heavy (non-hydrogen) atoms. The van der Waals surface area contributed by atoms with E-state index in [-0.39, 0.29) is 5.92 Å². The van der Waals surface area contributed by atoms with E-state index in [4.69, 9.17) is 19.4 Å². The van der Waals surface area contributed by atoms with Crippen LogP contribution >= 0.6 is 0 Å². The van der Waals surface area contributed by atoms with Crippen LogP contribution in [0.25, 0.3) is 139 Å². The predicted molar refractivity (Wildman–Crippen MR) is 334 cm³/mol. The van der Waals surface area contributed by atoms with Crippen molar-refractivity contribution in [3.8, 4) is 67.8 Å². The molecular weight excluding hydrogens is 987 g/mol. The Morgan fingerprint density at radius 3 is 1.56 bits per heavy atom. The Morgan fingerprint density at radius 1 is 0.370 bits per heavy atom. The molecule has 380 valence electrons. The summed E-state index contributed by atoms with van der Waals surface area (Å²) in [6, 6.07) is 92.8. The lowest BCUT2D eigenvalue weighted by Gasteiger charge is -2.25. The Balaban J connectivity index is 0.982. The van der Waals surface area contributed by atoms with Crippen molar-refractivity contribution < 1.29 is 4.42 Å². The first kappa shape index (κ1) is 46.4. The first-order valence-corrected chi connectivity index (χ1v) is 27.7. The molecular formula is C75H49N5O. The monoisotopic (exact) mass is 1040 g/mol. The van der Waals surface area contributed by atoms with Crippen molar-refractivity contribution in [1.82, 2.24) is 24.1 Å². The number of benzene rings is 11. The number of fused-ring (bicyclic) bond motifs is 10. The fourth-order valence-corrected chi connectivity index (χ4v) is 12.5. The maximum Gasteiger partial charge on any atom is 0.164 e. The second-order valence-corrected chi connectivity index (χ2v) is 21.0. The topological polar surface area (TPSA) is 61.7 Å². The fourth-order valence-electron chi connectivity index (χ4n) is 12.5. The summed E-state index contributed by atoms with van der Waals surface area (Å²) in [5.41, 5.74) is 19.1. The van der Waals surface area contributed by atoms with Crippen LogP contribution in [0, 0.1) is 0 Å². The molecule has 1 aliphatic rings. The summed E-state index contributed by atoms with van der Waals surface area (Å²) in [4.78, 5) is 15.8. The number of para-hydroxylation sites is 3. The van der Waals surface area contributed by atoms with Crippen LogP contribution in [0.4, 0.5) is 0 Å². The molecule has 0 N–H and O–H groups in total. The summed E-state index contributed by atoms with van der Waals surface area (Å²) >= 11 is 0. The van der Waals surface area contributed by atoms with Gasteiger partial charge in [0.15, 0.2) is 17.5 Å². The van der Waals surface area contributed by atoms with Gasteiger partial charge in [0.25, 0.3) is 0 Å². The lowest BCUT2D eigenvalue weighted by Crippen LogP contribution is -2.09. The van der Waals surface area contributed by atoms with Gasteiger partial charge in [0, 0.05) is 60.8 Å². The van der Waals surface area contributed by atoms with Crippen LogP contribution in [-0.4, -0.2) is 24.1 Å². The van der Waals surface area contributed by atoms with Crippen molar-refractivity contribution in [1.29, 1.82) is 0 Å². The zero-order valence-electron chi connectivity index (χ0n) is 44.0. The molecule has 16 rings (SSSR count). The van der Waals surface area contributed by atoms with Crippen molar-refractivity contribution in [3.05, 3.63) is 290 Å². The van der Waals surface area contributed by atoms with Crippen LogP contribution in [0.3, 0.4) is 0 Å². The number of furan rings is 1. The van der Waals surface area contributed by atoms with E-state index in [1.807, 2.05) is 36.4 Å². The predicted octanol–water partition coefficient (Wildman–Crippen LogP) is 19.4. The van der Waals surface area contributed by atoms with E-state index in [0.29, 0.717) is 17.5 Å². The molecule has 0 saturated heterocycles. The van der Waals surface area contributed by atoms with Crippen LogP contribution in [0.2, 0.25) is 0 Å². The summed E-state index contributed by atoms with van der Waals surface area (Å²) < 4.78 is 12.2. The highest BCUT2D eigenvalue weighted by Crippen LogP contribution is 2.48. The third-order valence-electron chi connectivity index (χ3n) is 16.3. The first-order valence-electron chi connectivity index (χ1n) is 27.7. The summed E-state index contributed by atoms with van der Waals surface area (Å²) in [6.07, 6.45) is 7.88. The van der Waals surface area contributed by atoms with E-state index in [1.54, 1.807) is 0 Å². The molecule has 4 aromatic heterocycles. The molecule has 1 atom stereocenters. The second kappa shape index (κ2) is 19.0. The van der Waals surface area contributed by atoms with Crippen molar-refractivity contribution in [3.63, 3.8) is 0 Å². The van der Waals surface area contributed by atoms with Crippen LogP contribution in [0.1, 0.15) is 23.5 Å². The average molecular weight is 1040 g/mol. The van der Waals surface area contributed by atoms with E-state index >= 15 is 0 Å². The molecule has 6 nitrogen and oxygen atoms in total. The minimum atomic E-state index is -0.0252. The molecule has 0 saturated carbocycles. The molecule has 0 amide bonds.